The lowest BCUT2D eigenvalue weighted by Gasteiger charge is -2.12. The Hall–Kier alpha value is -2.82. The average Bonchev–Trinajstić information content (AvgIpc) is 2.54. The van der Waals surface area contributed by atoms with Crippen LogP contribution in [0.25, 0.3) is 0 Å². The van der Waals surface area contributed by atoms with E-state index in [4.69, 9.17) is 4.74 Å². The number of amides is 1. The summed E-state index contributed by atoms with van der Waals surface area (Å²) < 4.78 is 5.17. The minimum atomic E-state index is -0.481. The van der Waals surface area contributed by atoms with Gasteiger partial charge in [0.2, 0.25) is 0 Å². The van der Waals surface area contributed by atoms with Gasteiger partial charge in [0.1, 0.15) is 5.75 Å². The van der Waals surface area contributed by atoms with Crippen molar-refractivity contribution >= 4 is 23.7 Å². The van der Waals surface area contributed by atoms with Crippen LogP contribution in [0.4, 0.5) is 16.2 Å². The van der Waals surface area contributed by atoms with E-state index >= 15 is 0 Å². The van der Waals surface area contributed by atoms with Gasteiger partial charge in [-0.2, -0.15) is 0 Å². The zero-order chi connectivity index (χ0) is 17.7. The summed E-state index contributed by atoms with van der Waals surface area (Å²) >= 11 is 0. The maximum absolute atomic E-state index is 11.3. The minimum Gasteiger partial charge on any atom is -0.410 e. The van der Waals surface area contributed by atoms with Crippen LogP contribution in [-0.4, -0.2) is 33.5 Å². The standard InChI is InChI=1S/C19H23N3O2/c1-13-10-17(24-19(23)20-3)11-14(2)18(13)21-12-15-6-8-16(9-7-15)22(4)5/h6-12H,1-5H3,(H,20,23). The predicted molar refractivity (Wildman–Crippen MR) is 99.0 cm³/mol. The third kappa shape index (κ3) is 4.35. The lowest BCUT2D eigenvalue weighted by Crippen LogP contribution is -2.22. The maximum Gasteiger partial charge on any atom is 0.412 e. The van der Waals surface area contributed by atoms with E-state index in [2.05, 4.69) is 27.3 Å². The van der Waals surface area contributed by atoms with E-state index in [1.54, 1.807) is 0 Å². The molecular weight excluding hydrogens is 302 g/mol. The first kappa shape index (κ1) is 17.5. The molecule has 0 fully saturated rings. The smallest absolute Gasteiger partial charge is 0.410 e. The van der Waals surface area contributed by atoms with Crippen LogP contribution >= 0.6 is 0 Å². The molecular formula is C19H23N3O2. The van der Waals surface area contributed by atoms with E-state index in [0.717, 1.165) is 28.1 Å². The molecule has 0 saturated heterocycles. The number of benzene rings is 2. The third-order valence-corrected chi connectivity index (χ3v) is 3.63. The highest BCUT2D eigenvalue weighted by Crippen LogP contribution is 2.29. The number of aryl methyl sites for hydroxylation is 2. The van der Waals surface area contributed by atoms with Crippen molar-refractivity contribution in [1.29, 1.82) is 0 Å². The molecule has 2 aromatic carbocycles. The topological polar surface area (TPSA) is 53.9 Å². The Morgan fingerprint density at radius 3 is 2.21 bits per heavy atom. The van der Waals surface area contributed by atoms with Crippen molar-refractivity contribution in [2.75, 3.05) is 26.0 Å². The molecule has 126 valence electrons. The van der Waals surface area contributed by atoms with Crippen LogP contribution in [0.1, 0.15) is 16.7 Å². The van der Waals surface area contributed by atoms with E-state index in [9.17, 15) is 4.79 Å². The van der Waals surface area contributed by atoms with Crippen molar-refractivity contribution in [2.24, 2.45) is 4.99 Å². The Balaban J connectivity index is 2.21. The number of carbonyl (C=O) groups is 1. The van der Waals surface area contributed by atoms with Crippen molar-refractivity contribution in [1.82, 2.24) is 5.32 Å². The molecule has 0 unspecified atom stereocenters. The number of carbonyl (C=O) groups excluding carboxylic acids is 1. The Kier molecular flexibility index (Phi) is 5.58. The van der Waals surface area contributed by atoms with Crippen LogP contribution < -0.4 is 15.0 Å². The van der Waals surface area contributed by atoms with Crippen molar-refractivity contribution < 1.29 is 9.53 Å². The predicted octanol–water partition coefficient (Wildman–Crippen LogP) is 3.84. The molecule has 0 aromatic heterocycles. The number of nitrogens with one attached hydrogen (secondary N) is 1. The van der Waals surface area contributed by atoms with Crippen LogP contribution in [0.3, 0.4) is 0 Å². The molecule has 1 amide bonds. The number of hydrogen-bond acceptors (Lipinski definition) is 4. The Labute approximate surface area is 143 Å². The van der Waals surface area contributed by atoms with Gasteiger partial charge >= 0.3 is 6.09 Å². The second kappa shape index (κ2) is 7.64. The maximum atomic E-state index is 11.3. The number of anilines is 1. The second-order valence-corrected chi connectivity index (χ2v) is 5.79. The first-order valence-corrected chi connectivity index (χ1v) is 7.73. The van der Waals surface area contributed by atoms with Gasteiger partial charge in [0, 0.05) is 33.0 Å². The number of ether oxygens (including phenoxy) is 1. The van der Waals surface area contributed by atoms with Gasteiger partial charge in [0.25, 0.3) is 0 Å². The molecule has 0 spiro atoms. The minimum absolute atomic E-state index is 0.481. The molecule has 1 N–H and O–H groups in total. The normalized spacial score (nSPS) is 10.7. The molecule has 2 aromatic rings. The van der Waals surface area contributed by atoms with Crippen LogP contribution in [0.5, 0.6) is 5.75 Å². The van der Waals surface area contributed by atoms with Crippen molar-refractivity contribution in [2.45, 2.75) is 13.8 Å². The summed E-state index contributed by atoms with van der Waals surface area (Å²) in [6.07, 6.45) is 1.36. The highest BCUT2D eigenvalue weighted by molar-refractivity contribution is 5.83. The quantitative estimate of drug-likeness (QED) is 0.869. The summed E-state index contributed by atoms with van der Waals surface area (Å²) in [6.45, 7) is 3.90. The second-order valence-electron chi connectivity index (χ2n) is 5.79. The van der Waals surface area contributed by atoms with E-state index in [1.165, 1.54) is 7.05 Å². The number of aliphatic imine (C=N–C) groups is 1. The molecule has 0 aliphatic rings. The third-order valence-electron chi connectivity index (χ3n) is 3.63. The molecule has 5 nitrogen and oxygen atoms in total. The molecule has 0 atom stereocenters. The fourth-order valence-electron chi connectivity index (χ4n) is 2.33. The largest absolute Gasteiger partial charge is 0.412 e. The molecule has 24 heavy (non-hydrogen) atoms. The molecule has 5 heteroatoms. The zero-order valence-corrected chi connectivity index (χ0v) is 14.8. The molecule has 2 rings (SSSR count). The van der Waals surface area contributed by atoms with Crippen LogP contribution in [0.15, 0.2) is 41.4 Å². The lowest BCUT2D eigenvalue weighted by molar-refractivity contribution is 0.203. The number of nitrogens with zero attached hydrogens (tertiary/aromatic N) is 2. The Bertz CT molecular complexity index is 727. The summed E-state index contributed by atoms with van der Waals surface area (Å²) in [7, 11) is 5.55. The van der Waals surface area contributed by atoms with E-state index < -0.39 is 6.09 Å². The van der Waals surface area contributed by atoms with E-state index in [-0.39, 0.29) is 0 Å². The number of rotatable bonds is 4. The zero-order valence-electron chi connectivity index (χ0n) is 14.8. The van der Waals surface area contributed by atoms with Gasteiger partial charge in [-0.3, -0.25) is 4.99 Å². The molecule has 0 saturated carbocycles. The van der Waals surface area contributed by atoms with Crippen molar-refractivity contribution in [3.8, 4) is 5.75 Å². The SMILES string of the molecule is CNC(=O)Oc1cc(C)c(N=Cc2ccc(N(C)C)cc2)c(C)c1. The van der Waals surface area contributed by atoms with Gasteiger partial charge < -0.3 is 15.0 Å². The van der Waals surface area contributed by atoms with Crippen molar-refractivity contribution in [3.63, 3.8) is 0 Å². The van der Waals surface area contributed by atoms with Crippen LogP contribution in [-0.2, 0) is 0 Å². The highest BCUT2D eigenvalue weighted by atomic mass is 16.5. The summed E-state index contributed by atoms with van der Waals surface area (Å²) in [5.41, 5.74) is 4.97. The lowest BCUT2D eigenvalue weighted by atomic mass is 10.1. The van der Waals surface area contributed by atoms with Gasteiger partial charge in [-0.1, -0.05) is 12.1 Å². The molecule has 0 aliphatic carbocycles. The van der Waals surface area contributed by atoms with Gasteiger partial charge in [0.05, 0.1) is 5.69 Å². The monoisotopic (exact) mass is 325 g/mol. The first-order valence-electron chi connectivity index (χ1n) is 7.73. The molecule has 0 aliphatic heterocycles. The Morgan fingerprint density at radius 1 is 1.12 bits per heavy atom. The highest BCUT2D eigenvalue weighted by Gasteiger charge is 2.07. The molecule has 0 bridgehead atoms. The van der Waals surface area contributed by atoms with Gasteiger partial charge in [-0.15, -0.1) is 0 Å². The first-order chi connectivity index (χ1) is 11.4. The Morgan fingerprint density at radius 2 is 1.71 bits per heavy atom. The van der Waals surface area contributed by atoms with Gasteiger partial charge in [-0.05, 0) is 54.8 Å². The molecule has 0 heterocycles. The van der Waals surface area contributed by atoms with Crippen molar-refractivity contribution in [3.05, 3.63) is 53.1 Å². The van der Waals surface area contributed by atoms with Gasteiger partial charge in [-0.25, -0.2) is 4.79 Å². The van der Waals surface area contributed by atoms with Gasteiger partial charge in [0.15, 0.2) is 0 Å². The summed E-state index contributed by atoms with van der Waals surface area (Å²) in [5.74, 6) is 0.513. The average molecular weight is 325 g/mol. The van der Waals surface area contributed by atoms with Crippen LogP contribution in [0, 0.1) is 13.8 Å². The number of hydrogen-bond donors (Lipinski definition) is 1. The molecule has 0 radical (unpaired) electrons. The fraction of sp³-hybridized carbons (Fsp3) is 0.263. The summed E-state index contributed by atoms with van der Waals surface area (Å²) in [5, 5.41) is 2.43. The van der Waals surface area contributed by atoms with E-state index in [0.29, 0.717) is 5.75 Å². The fourth-order valence-corrected chi connectivity index (χ4v) is 2.33. The summed E-state index contributed by atoms with van der Waals surface area (Å²) in [6, 6.07) is 11.8. The summed E-state index contributed by atoms with van der Waals surface area (Å²) in [4.78, 5) is 18.0. The van der Waals surface area contributed by atoms with Crippen LogP contribution in [0.2, 0.25) is 0 Å². The van der Waals surface area contributed by atoms with E-state index in [1.807, 2.05) is 58.4 Å².